The van der Waals surface area contributed by atoms with E-state index in [0.717, 1.165) is 31.4 Å². The second kappa shape index (κ2) is 9.07. The number of rotatable bonds is 7. The van der Waals surface area contributed by atoms with Crippen molar-refractivity contribution in [2.75, 3.05) is 20.1 Å². The van der Waals surface area contributed by atoms with Gasteiger partial charge in [-0.15, -0.1) is 0 Å². The predicted molar refractivity (Wildman–Crippen MR) is 111 cm³/mol. The molecule has 1 heterocycles. The van der Waals surface area contributed by atoms with E-state index in [1.54, 1.807) is 7.05 Å². The van der Waals surface area contributed by atoms with Crippen LogP contribution in [0, 0.1) is 17.8 Å². The van der Waals surface area contributed by atoms with E-state index in [9.17, 15) is 26.4 Å². The molecule has 0 unspecified atom stereocenters. The molecule has 6 nitrogen and oxygen atoms in total. The van der Waals surface area contributed by atoms with Crippen LogP contribution in [-0.2, 0) is 21.0 Å². The van der Waals surface area contributed by atoms with Crippen LogP contribution in [0.2, 0.25) is 0 Å². The summed E-state index contributed by atoms with van der Waals surface area (Å²) in [6.45, 7) is 4.47. The van der Waals surface area contributed by atoms with Gasteiger partial charge in [-0.25, -0.2) is 8.42 Å². The maximum absolute atomic E-state index is 13.0. The zero-order chi connectivity index (χ0) is 23.0. The molecule has 3 rings (SSSR count). The Bertz CT molecular complexity index is 907. The van der Waals surface area contributed by atoms with E-state index in [1.807, 2.05) is 13.8 Å². The Hall–Kier alpha value is -1.65. The van der Waals surface area contributed by atoms with Crippen LogP contribution < -0.4 is 10.6 Å². The van der Waals surface area contributed by atoms with Gasteiger partial charge in [0.1, 0.15) is 0 Å². The number of carbonyl (C=O) groups is 1. The van der Waals surface area contributed by atoms with Gasteiger partial charge < -0.3 is 10.6 Å². The number of hydrogen-bond donors (Lipinski definition) is 2. The lowest BCUT2D eigenvalue weighted by Crippen LogP contribution is -2.51. The van der Waals surface area contributed by atoms with Crippen molar-refractivity contribution in [2.24, 2.45) is 17.8 Å². The van der Waals surface area contributed by atoms with Gasteiger partial charge in [-0.1, -0.05) is 26.3 Å². The second-order valence-corrected chi connectivity index (χ2v) is 10.6. The lowest BCUT2D eigenvalue weighted by atomic mass is 9.95. The van der Waals surface area contributed by atoms with Gasteiger partial charge in [-0.3, -0.25) is 4.79 Å². The lowest BCUT2D eigenvalue weighted by molar-refractivity contribution is -0.137. The van der Waals surface area contributed by atoms with Crippen molar-refractivity contribution < 1.29 is 26.4 Å². The molecule has 1 aromatic rings. The minimum absolute atomic E-state index is 0.0426. The molecule has 0 radical (unpaired) electrons. The molecular formula is C21H30F3N3O3S. The Morgan fingerprint density at radius 3 is 2.58 bits per heavy atom. The van der Waals surface area contributed by atoms with Crippen molar-refractivity contribution in [3.8, 4) is 0 Å². The van der Waals surface area contributed by atoms with Crippen LogP contribution in [0.3, 0.4) is 0 Å². The summed E-state index contributed by atoms with van der Waals surface area (Å²) in [5.41, 5.74) is -0.985. The van der Waals surface area contributed by atoms with Crippen LogP contribution in [0.1, 0.15) is 38.7 Å². The van der Waals surface area contributed by atoms with Gasteiger partial charge in [0.2, 0.25) is 15.9 Å². The van der Waals surface area contributed by atoms with E-state index in [4.69, 9.17) is 0 Å². The summed E-state index contributed by atoms with van der Waals surface area (Å²) in [6.07, 6.45) is -2.21. The minimum Gasteiger partial charge on any atom is -0.352 e. The molecule has 10 heteroatoms. The molecule has 2 aliphatic rings. The molecule has 1 amide bonds. The smallest absolute Gasteiger partial charge is 0.352 e. The molecule has 1 aliphatic heterocycles. The quantitative estimate of drug-likeness (QED) is 0.655. The van der Waals surface area contributed by atoms with Gasteiger partial charge in [-0.05, 0) is 55.8 Å². The molecule has 1 saturated heterocycles. The number of benzene rings is 1. The first-order valence-electron chi connectivity index (χ1n) is 10.6. The van der Waals surface area contributed by atoms with Crippen molar-refractivity contribution in [3.05, 3.63) is 29.8 Å². The fourth-order valence-electron chi connectivity index (χ4n) is 4.76. The van der Waals surface area contributed by atoms with Crippen molar-refractivity contribution in [1.29, 1.82) is 0 Å². The third kappa shape index (κ3) is 4.90. The van der Waals surface area contributed by atoms with Gasteiger partial charge in [0.25, 0.3) is 0 Å². The Labute approximate surface area is 181 Å². The van der Waals surface area contributed by atoms with Crippen molar-refractivity contribution >= 4 is 15.9 Å². The van der Waals surface area contributed by atoms with Crippen LogP contribution >= 0.6 is 0 Å². The lowest BCUT2D eigenvalue weighted by Gasteiger charge is -2.26. The molecule has 2 fully saturated rings. The third-order valence-corrected chi connectivity index (χ3v) is 8.58. The normalized spacial score (nSPS) is 26.5. The van der Waals surface area contributed by atoms with E-state index in [0.29, 0.717) is 6.07 Å². The minimum atomic E-state index is -4.61. The monoisotopic (exact) mass is 461 g/mol. The fourth-order valence-corrected chi connectivity index (χ4v) is 6.34. The SMILES string of the molecule is CC[C@H](C)[C@H](NC)C(=O)N[C@H]1CC[C@@H]2CN(S(=O)(=O)c3cccc(C(F)(F)F)c3)C[C@@H]21. The third-order valence-electron chi connectivity index (χ3n) is 6.76. The highest BCUT2D eigenvalue weighted by atomic mass is 32.2. The number of amides is 1. The van der Waals surface area contributed by atoms with Crippen LogP contribution in [0.15, 0.2) is 29.2 Å². The van der Waals surface area contributed by atoms with Crippen molar-refractivity contribution in [1.82, 2.24) is 14.9 Å². The number of halogens is 3. The average molecular weight is 462 g/mol. The number of fused-ring (bicyclic) bond motifs is 1. The van der Waals surface area contributed by atoms with E-state index in [1.165, 1.54) is 10.4 Å². The van der Waals surface area contributed by atoms with Gasteiger partial charge >= 0.3 is 6.18 Å². The molecule has 0 spiro atoms. The van der Waals surface area contributed by atoms with Crippen molar-refractivity contribution in [3.63, 3.8) is 0 Å². The van der Waals surface area contributed by atoms with Crippen LogP contribution in [0.4, 0.5) is 13.2 Å². The summed E-state index contributed by atoms with van der Waals surface area (Å²) >= 11 is 0. The first kappa shape index (κ1) is 24.0. The Balaban J connectivity index is 1.72. The maximum Gasteiger partial charge on any atom is 0.416 e. The number of alkyl halides is 3. The number of hydrogen-bond acceptors (Lipinski definition) is 4. The van der Waals surface area contributed by atoms with E-state index < -0.39 is 21.8 Å². The predicted octanol–water partition coefficient (Wildman–Crippen LogP) is 2.85. The Morgan fingerprint density at radius 1 is 1.26 bits per heavy atom. The van der Waals surface area contributed by atoms with Gasteiger partial charge in [0.15, 0.2) is 0 Å². The number of carbonyl (C=O) groups excluding carboxylic acids is 1. The highest BCUT2D eigenvalue weighted by molar-refractivity contribution is 7.89. The molecule has 0 aromatic heterocycles. The summed E-state index contributed by atoms with van der Waals surface area (Å²) in [4.78, 5) is 12.4. The zero-order valence-electron chi connectivity index (χ0n) is 17.9. The van der Waals surface area contributed by atoms with E-state index in [-0.39, 0.29) is 53.7 Å². The number of likely N-dealkylation sites (N-methyl/N-ethyl adjacent to an activating group) is 1. The second-order valence-electron chi connectivity index (χ2n) is 8.62. The summed E-state index contributed by atoms with van der Waals surface area (Å²) in [5.74, 6) is 0.103. The molecule has 1 saturated carbocycles. The van der Waals surface area contributed by atoms with Crippen LogP contribution in [-0.4, -0.2) is 50.9 Å². The van der Waals surface area contributed by atoms with Gasteiger partial charge in [0.05, 0.1) is 16.5 Å². The maximum atomic E-state index is 13.0. The van der Waals surface area contributed by atoms with Gasteiger partial charge in [-0.2, -0.15) is 17.5 Å². The molecule has 5 atom stereocenters. The molecule has 1 aromatic carbocycles. The molecular weight excluding hydrogens is 431 g/mol. The molecule has 2 N–H and O–H groups in total. The summed E-state index contributed by atoms with van der Waals surface area (Å²) < 4.78 is 66.4. The van der Waals surface area contributed by atoms with Gasteiger partial charge in [0, 0.05) is 19.1 Å². The average Bonchev–Trinajstić information content (AvgIpc) is 3.30. The topological polar surface area (TPSA) is 78.5 Å². The summed E-state index contributed by atoms with van der Waals surface area (Å²) in [6, 6.07) is 3.39. The van der Waals surface area contributed by atoms with E-state index >= 15 is 0 Å². The van der Waals surface area contributed by atoms with E-state index in [2.05, 4.69) is 10.6 Å². The fraction of sp³-hybridized carbons (Fsp3) is 0.667. The Morgan fingerprint density at radius 2 is 1.97 bits per heavy atom. The zero-order valence-corrected chi connectivity index (χ0v) is 18.8. The largest absolute Gasteiger partial charge is 0.416 e. The number of nitrogens with one attached hydrogen (secondary N) is 2. The van der Waals surface area contributed by atoms with Crippen molar-refractivity contribution in [2.45, 2.75) is 56.3 Å². The first-order chi connectivity index (χ1) is 14.5. The number of nitrogens with zero attached hydrogens (tertiary/aromatic N) is 1. The highest BCUT2D eigenvalue weighted by Crippen LogP contribution is 2.41. The highest BCUT2D eigenvalue weighted by Gasteiger charge is 2.47. The van der Waals surface area contributed by atoms with Crippen LogP contribution in [0.5, 0.6) is 0 Å². The number of sulfonamides is 1. The Kier molecular flexibility index (Phi) is 7.02. The molecule has 31 heavy (non-hydrogen) atoms. The first-order valence-corrected chi connectivity index (χ1v) is 12.1. The summed E-state index contributed by atoms with van der Waals surface area (Å²) in [5, 5.41) is 6.13. The summed E-state index contributed by atoms with van der Waals surface area (Å²) in [7, 11) is -2.30. The standard InChI is InChI=1S/C21H30F3N3O3S/c1-4-13(2)19(25-3)20(28)26-18-9-8-14-11-27(12-17(14)18)31(29,30)16-7-5-6-15(10-16)21(22,23)24/h5-7,10,13-14,17-19,25H,4,8-9,11-12H2,1-3H3,(H,26,28)/t13-,14+,17-,18-,19-/m0/s1. The molecule has 0 bridgehead atoms. The molecule has 174 valence electrons. The van der Waals surface area contributed by atoms with Crippen LogP contribution in [0.25, 0.3) is 0 Å². The molecule has 1 aliphatic carbocycles.